The van der Waals surface area contributed by atoms with Gasteiger partial charge in [-0.3, -0.25) is 9.59 Å². The molecule has 0 saturated heterocycles. The molecule has 7 rings (SSSR count). The molecular formula is C33H45IN2O5. The molecule has 1 aromatic rings. The predicted octanol–water partition coefficient (Wildman–Crippen LogP) is 4.83. The molecule has 0 radical (unpaired) electrons. The lowest BCUT2D eigenvalue weighted by molar-refractivity contribution is -0.148. The van der Waals surface area contributed by atoms with Crippen molar-refractivity contribution in [2.45, 2.75) is 95.3 Å². The zero-order valence-corrected chi connectivity index (χ0v) is 26.1. The number of nitrogens with one attached hydrogen (secondary N) is 1. The summed E-state index contributed by atoms with van der Waals surface area (Å²) in [6.07, 6.45) is 12.9. The SMILES string of the molecule is O=C(NCCO)C1=CC(Oc2ccccc2I)C(O)C(N(CC23CC4CC(CC(C4)C2)C3)C(=O)CC2CCCC2)C1. The van der Waals surface area contributed by atoms with E-state index >= 15 is 0 Å². The lowest BCUT2D eigenvalue weighted by Crippen LogP contribution is -2.59. The molecule has 7 nitrogen and oxygen atoms in total. The first-order chi connectivity index (χ1) is 19.8. The maximum atomic E-state index is 14.3. The molecule has 41 heavy (non-hydrogen) atoms. The zero-order valence-electron chi connectivity index (χ0n) is 24.0. The third-order valence-electron chi connectivity index (χ3n) is 10.6. The number of nitrogens with zero attached hydrogens (tertiary/aromatic N) is 1. The van der Waals surface area contributed by atoms with Gasteiger partial charge in [0, 0.05) is 31.5 Å². The van der Waals surface area contributed by atoms with Crippen LogP contribution in [0.15, 0.2) is 35.9 Å². The Labute approximate surface area is 257 Å². The highest BCUT2D eigenvalue weighted by Crippen LogP contribution is 2.60. The summed E-state index contributed by atoms with van der Waals surface area (Å²) in [6.45, 7) is 0.680. The van der Waals surface area contributed by atoms with E-state index in [1.54, 1.807) is 6.08 Å². The van der Waals surface area contributed by atoms with Crippen molar-refractivity contribution in [3.8, 4) is 5.75 Å². The Kier molecular flexibility index (Phi) is 8.99. The normalized spacial score (nSPS) is 34.4. The monoisotopic (exact) mass is 676 g/mol. The summed E-state index contributed by atoms with van der Waals surface area (Å²) in [5, 5.41) is 24.0. The number of benzene rings is 1. The van der Waals surface area contributed by atoms with E-state index in [4.69, 9.17) is 4.74 Å². The largest absolute Gasteiger partial charge is 0.482 e. The smallest absolute Gasteiger partial charge is 0.247 e. The second-order valence-corrected chi connectivity index (χ2v) is 14.9. The molecule has 0 spiro atoms. The quantitative estimate of drug-likeness (QED) is 0.309. The number of carbonyl (C=O) groups excluding carboxylic acids is 2. The molecule has 4 bridgehead atoms. The van der Waals surface area contributed by atoms with Crippen molar-refractivity contribution in [1.82, 2.24) is 10.2 Å². The molecule has 0 aromatic heterocycles. The lowest BCUT2D eigenvalue weighted by Gasteiger charge is -2.58. The van der Waals surface area contributed by atoms with Crippen LogP contribution in [0.1, 0.15) is 77.0 Å². The van der Waals surface area contributed by atoms with E-state index in [1.807, 2.05) is 29.2 Å². The van der Waals surface area contributed by atoms with Gasteiger partial charge < -0.3 is 25.2 Å². The first-order valence-electron chi connectivity index (χ1n) is 15.8. The second kappa shape index (κ2) is 12.5. The average Bonchev–Trinajstić information content (AvgIpc) is 3.45. The third-order valence-corrected chi connectivity index (χ3v) is 11.5. The van der Waals surface area contributed by atoms with Crippen LogP contribution in [0.25, 0.3) is 0 Å². The van der Waals surface area contributed by atoms with Gasteiger partial charge in [0.1, 0.15) is 18.0 Å². The molecule has 3 N–H and O–H groups in total. The van der Waals surface area contributed by atoms with Gasteiger partial charge in [0.15, 0.2) is 0 Å². The summed E-state index contributed by atoms with van der Waals surface area (Å²) in [7, 11) is 0. The van der Waals surface area contributed by atoms with Gasteiger partial charge in [-0.25, -0.2) is 0 Å². The molecule has 2 amide bonds. The van der Waals surface area contributed by atoms with E-state index in [0.717, 1.165) is 34.2 Å². The zero-order chi connectivity index (χ0) is 28.6. The van der Waals surface area contributed by atoms with Crippen LogP contribution in [-0.2, 0) is 9.59 Å². The number of carbonyl (C=O) groups is 2. The Bertz CT molecular complexity index is 1110. The summed E-state index contributed by atoms with van der Waals surface area (Å²) in [4.78, 5) is 29.5. The molecule has 3 unspecified atom stereocenters. The fraction of sp³-hybridized carbons (Fsp3) is 0.697. The van der Waals surface area contributed by atoms with Crippen LogP contribution >= 0.6 is 22.6 Å². The Morgan fingerprint density at radius 2 is 1.71 bits per heavy atom. The number of amides is 2. The molecule has 224 valence electrons. The molecule has 5 fully saturated rings. The number of aliphatic hydroxyl groups is 2. The average molecular weight is 677 g/mol. The molecule has 6 aliphatic rings. The van der Waals surface area contributed by atoms with E-state index in [9.17, 15) is 19.8 Å². The Morgan fingerprint density at radius 3 is 2.34 bits per heavy atom. The predicted molar refractivity (Wildman–Crippen MR) is 165 cm³/mol. The van der Waals surface area contributed by atoms with Gasteiger partial charge in [-0.2, -0.15) is 0 Å². The fourth-order valence-corrected chi connectivity index (χ4v) is 9.80. The van der Waals surface area contributed by atoms with Gasteiger partial charge in [-0.1, -0.05) is 25.0 Å². The van der Waals surface area contributed by atoms with Crippen LogP contribution in [0.4, 0.5) is 0 Å². The minimum absolute atomic E-state index is 0.117. The molecule has 8 heteroatoms. The molecule has 0 aliphatic heterocycles. The summed E-state index contributed by atoms with van der Waals surface area (Å²) in [5.74, 6) is 3.20. The van der Waals surface area contributed by atoms with Crippen molar-refractivity contribution >= 4 is 34.4 Å². The van der Waals surface area contributed by atoms with Crippen molar-refractivity contribution in [2.24, 2.45) is 29.1 Å². The van der Waals surface area contributed by atoms with Crippen molar-refractivity contribution in [1.29, 1.82) is 0 Å². The van der Waals surface area contributed by atoms with Gasteiger partial charge in [0.2, 0.25) is 11.8 Å². The Hall–Kier alpha value is -1.65. The van der Waals surface area contributed by atoms with Gasteiger partial charge >= 0.3 is 0 Å². The minimum atomic E-state index is -0.957. The highest BCUT2D eigenvalue weighted by atomic mass is 127. The minimum Gasteiger partial charge on any atom is -0.482 e. The molecule has 5 saturated carbocycles. The number of ether oxygens (including phenoxy) is 1. The van der Waals surface area contributed by atoms with Crippen molar-refractivity contribution in [3.63, 3.8) is 0 Å². The van der Waals surface area contributed by atoms with E-state index in [1.165, 1.54) is 51.4 Å². The molecular weight excluding hydrogens is 631 g/mol. The number of hydrogen-bond acceptors (Lipinski definition) is 5. The Morgan fingerprint density at radius 1 is 1.05 bits per heavy atom. The maximum Gasteiger partial charge on any atom is 0.247 e. The van der Waals surface area contributed by atoms with Crippen LogP contribution in [0, 0.1) is 32.7 Å². The summed E-state index contributed by atoms with van der Waals surface area (Å²) < 4.78 is 7.29. The van der Waals surface area contributed by atoms with Crippen molar-refractivity contribution in [2.75, 3.05) is 19.7 Å². The van der Waals surface area contributed by atoms with Crippen LogP contribution in [0.2, 0.25) is 0 Å². The lowest BCUT2D eigenvalue weighted by atomic mass is 9.49. The highest BCUT2D eigenvalue weighted by Gasteiger charge is 2.53. The van der Waals surface area contributed by atoms with Crippen molar-refractivity contribution < 1.29 is 24.5 Å². The van der Waals surface area contributed by atoms with Crippen molar-refractivity contribution in [3.05, 3.63) is 39.5 Å². The maximum absolute atomic E-state index is 14.3. The summed E-state index contributed by atoms with van der Waals surface area (Å²) >= 11 is 2.22. The van der Waals surface area contributed by atoms with E-state index in [0.29, 0.717) is 30.2 Å². The van der Waals surface area contributed by atoms with Crippen LogP contribution < -0.4 is 10.1 Å². The van der Waals surface area contributed by atoms with E-state index in [-0.39, 0.29) is 36.8 Å². The molecule has 0 heterocycles. The standard InChI is InChI=1S/C33H45IN2O5/c34-26-7-3-4-8-28(26)41-29-16-25(32(40)35-9-10-37)15-27(31(29)39)36(30(38)14-21-5-1-2-6-21)20-33-17-22-11-23(18-33)13-24(12-22)19-33/h3-4,7-8,16,21-24,27,29,31,37,39H,1-2,5-6,9-15,17-20H2,(H,35,40). The highest BCUT2D eigenvalue weighted by molar-refractivity contribution is 14.1. The van der Waals surface area contributed by atoms with E-state index in [2.05, 4.69) is 27.9 Å². The summed E-state index contributed by atoms with van der Waals surface area (Å²) in [6, 6.07) is 7.12. The van der Waals surface area contributed by atoms with Gasteiger partial charge in [-0.05, 0) is 121 Å². The molecule has 3 atom stereocenters. The third kappa shape index (κ3) is 6.49. The van der Waals surface area contributed by atoms with E-state index < -0.39 is 18.2 Å². The first-order valence-corrected chi connectivity index (χ1v) is 16.9. The topological polar surface area (TPSA) is 99.1 Å². The fourth-order valence-electron chi connectivity index (χ4n) is 9.28. The van der Waals surface area contributed by atoms with Gasteiger partial charge in [0.05, 0.1) is 16.2 Å². The van der Waals surface area contributed by atoms with Gasteiger partial charge in [-0.15, -0.1) is 0 Å². The number of para-hydroxylation sites is 1. The Balaban J connectivity index is 1.31. The van der Waals surface area contributed by atoms with Gasteiger partial charge in [0.25, 0.3) is 0 Å². The number of halogens is 1. The number of hydrogen-bond donors (Lipinski definition) is 3. The second-order valence-electron chi connectivity index (χ2n) is 13.7. The molecule has 6 aliphatic carbocycles. The van der Waals surface area contributed by atoms with Crippen LogP contribution in [0.3, 0.4) is 0 Å². The summed E-state index contributed by atoms with van der Waals surface area (Å²) in [5.41, 5.74) is 0.625. The number of rotatable bonds is 10. The molecule has 1 aromatic carbocycles. The first kappa shape index (κ1) is 29.4. The van der Waals surface area contributed by atoms with Crippen LogP contribution in [-0.4, -0.2) is 64.9 Å². The number of aliphatic hydroxyl groups excluding tert-OH is 2. The van der Waals surface area contributed by atoms with Crippen LogP contribution in [0.5, 0.6) is 5.75 Å².